The van der Waals surface area contributed by atoms with Gasteiger partial charge in [-0.05, 0) is 6.07 Å². The maximum absolute atomic E-state index is 11.1. The predicted octanol–water partition coefficient (Wildman–Crippen LogP) is 1.64. The molecule has 0 spiro atoms. The Kier molecular flexibility index (Phi) is 4.21. The molecule has 94 valence electrons. The van der Waals surface area contributed by atoms with Crippen molar-refractivity contribution < 1.29 is 14.8 Å². The van der Waals surface area contributed by atoms with Crippen LogP contribution < -0.4 is 4.90 Å². The molecule has 0 aliphatic carbocycles. The van der Waals surface area contributed by atoms with E-state index in [1.807, 2.05) is 6.07 Å². The first-order valence-corrected chi connectivity index (χ1v) is 5.07. The van der Waals surface area contributed by atoms with Crippen LogP contribution in [0.2, 0.25) is 0 Å². The summed E-state index contributed by atoms with van der Waals surface area (Å²) in [6.07, 6.45) is 0.243. The minimum Gasteiger partial charge on any atom is -0.478 e. The summed E-state index contributed by atoms with van der Waals surface area (Å²) in [6.45, 7) is 0.356. The van der Waals surface area contributed by atoms with Gasteiger partial charge in [0.2, 0.25) is 0 Å². The molecule has 0 aliphatic heterocycles. The minimum atomic E-state index is -1.24. The first kappa shape index (κ1) is 13.4. The van der Waals surface area contributed by atoms with Gasteiger partial charge in [-0.3, -0.25) is 10.1 Å². The molecule has 7 heteroatoms. The highest BCUT2D eigenvalue weighted by Gasteiger charge is 2.18. The summed E-state index contributed by atoms with van der Waals surface area (Å²) in [5.41, 5.74) is -0.0715. The monoisotopic (exact) mass is 249 g/mol. The van der Waals surface area contributed by atoms with Crippen LogP contribution >= 0.6 is 0 Å². The van der Waals surface area contributed by atoms with Gasteiger partial charge in [-0.2, -0.15) is 5.26 Å². The molecule has 1 aromatic carbocycles. The first-order valence-electron chi connectivity index (χ1n) is 5.07. The van der Waals surface area contributed by atoms with Crippen molar-refractivity contribution in [2.75, 3.05) is 18.5 Å². The molecule has 0 radical (unpaired) electrons. The second-order valence-electron chi connectivity index (χ2n) is 3.59. The molecule has 0 fully saturated rings. The largest absolute Gasteiger partial charge is 0.478 e. The quantitative estimate of drug-likeness (QED) is 0.627. The van der Waals surface area contributed by atoms with E-state index in [4.69, 9.17) is 10.4 Å². The van der Waals surface area contributed by atoms with Crippen molar-refractivity contribution in [3.8, 4) is 6.07 Å². The second kappa shape index (κ2) is 5.63. The number of hydrogen-bond acceptors (Lipinski definition) is 5. The molecule has 7 nitrogen and oxygen atoms in total. The molecule has 0 saturated carbocycles. The van der Waals surface area contributed by atoms with Gasteiger partial charge in [-0.15, -0.1) is 0 Å². The van der Waals surface area contributed by atoms with E-state index in [0.717, 1.165) is 6.07 Å². The van der Waals surface area contributed by atoms with Crippen molar-refractivity contribution in [2.45, 2.75) is 6.42 Å². The molecule has 1 rings (SSSR count). The number of hydrogen-bond donors (Lipinski definition) is 1. The van der Waals surface area contributed by atoms with E-state index in [-0.39, 0.29) is 17.7 Å². The highest BCUT2D eigenvalue weighted by Crippen LogP contribution is 2.24. The fourth-order valence-electron chi connectivity index (χ4n) is 1.48. The van der Waals surface area contributed by atoms with Gasteiger partial charge in [0.05, 0.1) is 28.7 Å². The Morgan fingerprint density at radius 3 is 2.78 bits per heavy atom. The molecule has 0 amide bonds. The summed E-state index contributed by atoms with van der Waals surface area (Å²) in [5.74, 6) is -1.24. The van der Waals surface area contributed by atoms with Crippen molar-refractivity contribution in [3.05, 3.63) is 33.9 Å². The molecule has 0 saturated heterocycles. The zero-order chi connectivity index (χ0) is 13.7. The van der Waals surface area contributed by atoms with Crippen LogP contribution in [0.25, 0.3) is 0 Å². The van der Waals surface area contributed by atoms with Gasteiger partial charge in [0.15, 0.2) is 0 Å². The zero-order valence-electron chi connectivity index (χ0n) is 9.66. The summed E-state index contributed by atoms with van der Waals surface area (Å²) in [7, 11) is 1.63. The molecule has 18 heavy (non-hydrogen) atoms. The van der Waals surface area contributed by atoms with E-state index in [0.29, 0.717) is 12.2 Å². The fraction of sp³-hybridized carbons (Fsp3) is 0.273. The number of nitro benzene ring substituents is 1. The maximum Gasteiger partial charge on any atom is 0.338 e. The summed E-state index contributed by atoms with van der Waals surface area (Å²) in [6, 6.07) is 5.58. The number of aromatic carboxylic acids is 1. The van der Waals surface area contributed by atoms with Gasteiger partial charge in [0.25, 0.3) is 5.69 Å². The third kappa shape index (κ3) is 2.95. The topological polar surface area (TPSA) is 107 Å². The third-order valence-electron chi connectivity index (χ3n) is 2.39. The van der Waals surface area contributed by atoms with Crippen LogP contribution in [-0.2, 0) is 0 Å². The lowest BCUT2D eigenvalue weighted by Crippen LogP contribution is -2.21. The molecule has 0 atom stereocenters. The molecular formula is C11H11N3O4. The Morgan fingerprint density at radius 2 is 2.28 bits per heavy atom. The SMILES string of the molecule is CN(CCC#N)c1ccc([N+](=O)[O-])cc1C(=O)O. The highest BCUT2D eigenvalue weighted by molar-refractivity contribution is 5.95. The van der Waals surface area contributed by atoms with Crippen LogP contribution in [-0.4, -0.2) is 29.6 Å². The molecular weight excluding hydrogens is 238 g/mol. The average molecular weight is 249 g/mol. The Bertz CT molecular complexity index is 522. The molecule has 1 N–H and O–H groups in total. The molecule has 0 aliphatic rings. The van der Waals surface area contributed by atoms with Crippen molar-refractivity contribution in [3.63, 3.8) is 0 Å². The van der Waals surface area contributed by atoms with Gasteiger partial charge in [0.1, 0.15) is 0 Å². The number of non-ortho nitro benzene ring substituents is 1. The third-order valence-corrected chi connectivity index (χ3v) is 2.39. The summed E-state index contributed by atoms with van der Waals surface area (Å²) in [5, 5.41) is 28.1. The van der Waals surface area contributed by atoms with Crippen LogP contribution in [0.1, 0.15) is 16.8 Å². The Hall–Kier alpha value is -2.62. The average Bonchev–Trinajstić information content (AvgIpc) is 2.34. The van der Waals surface area contributed by atoms with Crippen molar-refractivity contribution >= 4 is 17.3 Å². The van der Waals surface area contributed by atoms with Crippen molar-refractivity contribution in [1.82, 2.24) is 0 Å². The summed E-state index contributed by atoms with van der Waals surface area (Å²) in [4.78, 5) is 22.6. The standard InChI is InChI=1S/C11H11N3O4/c1-13(6-2-5-12)10-4-3-8(14(17)18)7-9(10)11(15)16/h3-4,7H,2,6H2,1H3,(H,15,16). The molecule has 0 bridgehead atoms. The number of carboxylic acids is 1. The lowest BCUT2D eigenvalue weighted by Gasteiger charge is -2.19. The van der Waals surface area contributed by atoms with Crippen LogP contribution in [0.5, 0.6) is 0 Å². The van der Waals surface area contributed by atoms with E-state index in [1.54, 1.807) is 11.9 Å². The fourth-order valence-corrected chi connectivity index (χ4v) is 1.48. The van der Waals surface area contributed by atoms with E-state index in [9.17, 15) is 14.9 Å². The smallest absolute Gasteiger partial charge is 0.338 e. The van der Waals surface area contributed by atoms with E-state index in [1.165, 1.54) is 12.1 Å². The minimum absolute atomic E-state index is 0.148. The van der Waals surface area contributed by atoms with Crippen molar-refractivity contribution in [1.29, 1.82) is 5.26 Å². The second-order valence-corrected chi connectivity index (χ2v) is 3.59. The van der Waals surface area contributed by atoms with Gasteiger partial charge >= 0.3 is 5.97 Å². The molecule has 1 aromatic rings. The Balaban J connectivity index is 3.16. The van der Waals surface area contributed by atoms with Crippen LogP contribution in [0.4, 0.5) is 11.4 Å². The molecule has 0 heterocycles. The number of benzene rings is 1. The Morgan fingerprint density at radius 1 is 1.61 bits per heavy atom. The van der Waals surface area contributed by atoms with Gasteiger partial charge in [-0.1, -0.05) is 0 Å². The maximum atomic E-state index is 11.1. The summed E-state index contributed by atoms with van der Waals surface area (Å²) >= 11 is 0. The summed E-state index contributed by atoms with van der Waals surface area (Å²) < 4.78 is 0. The van der Waals surface area contributed by atoms with E-state index in [2.05, 4.69) is 0 Å². The number of carboxylic acid groups (broad SMARTS) is 1. The highest BCUT2D eigenvalue weighted by atomic mass is 16.6. The van der Waals surface area contributed by atoms with E-state index >= 15 is 0 Å². The number of anilines is 1. The molecule has 0 unspecified atom stereocenters. The van der Waals surface area contributed by atoms with Crippen LogP contribution in [0.3, 0.4) is 0 Å². The number of nitro groups is 1. The number of rotatable bonds is 5. The Labute approximate surface area is 103 Å². The normalized spacial score (nSPS) is 9.56. The van der Waals surface area contributed by atoms with E-state index < -0.39 is 10.9 Å². The lowest BCUT2D eigenvalue weighted by molar-refractivity contribution is -0.384. The van der Waals surface area contributed by atoms with Crippen molar-refractivity contribution in [2.24, 2.45) is 0 Å². The van der Waals surface area contributed by atoms with Crippen LogP contribution in [0, 0.1) is 21.4 Å². The predicted molar refractivity (Wildman–Crippen MR) is 63.6 cm³/mol. The van der Waals surface area contributed by atoms with Crippen LogP contribution in [0.15, 0.2) is 18.2 Å². The first-order chi connectivity index (χ1) is 8.47. The van der Waals surface area contributed by atoms with Gasteiger partial charge < -0.3 is 10.0 Å². The van der Waals surface area contributed by atoms with Gasteiger partial charge in [0, 0.05) is 25.7 Å². The van der Waals surface area contributed by atoms with Gasteiger partial charge in [-0.25, -0.2) is 4.79 Å². The lowest BCUT2D eigenvalue weighted by atomic mass is 10.1. The number of carbonyl (C=O) groups is 1. The number of nitrogens with zero attached hydrogens (tertiary/aromatic N) is 3. The zero-order valence-corrected chi connectivity index (χ0v) is 9.66. The molecule has 0 aromatic heterocycles. The number of nitriles is 1.